The molecule has 1 saturated carbocycles. The highest BCUT2D eigenvalue weighted by Gasteiger charge is 2.28. The number of anilines is 2. The average molecular weight is 275 g/mol. The first-order valence-electron chi connectivity index (χ1n) is 7.18. The molecule has 0 radical (unpaired) electrons. The Hall–Kier alpha value is -1.75. The number of carbonyl (C=O) groups excluding carboxylic acids is 1. The molecule has 0 spiro atoms. The number of nitrogens with zero attached hydrogens (tertiary/aromatic N) is 1. The molecule has 2 unspecified atom stereocenters. The molecule has 1 aliphatic carbocycles. The third kappa shape index (κ3) is 2.58. The molecule has 2 atom stereocenters. The maximum atomic E-state index is 12.2. The van der Waals surface area contributed by atoms with Crippen molar-refractivity contribution in [3.63, 3.8) is 0 Å². The molecule has 3 rings (SSSR count). The Morgan fingerprint density at radius 2 is 2.30 bits per heavy atom. The minimum atomic E-state index is 0.0509. The van der Waals surface area contributed by atoms with Gasteiger partial charge in [-0.05, 0) is 37.5 Å². The largest absolute Gasteiger partial charge is 0.490 e. The second kappa shape index (κ2) is 5.32. The Bertz CT molecular complexity index is 518. The number of nitrogens with two attached hydrogens (primary N) is 1. The fraction of sp³-hybridized carbons (Fsp3) is 0.533. The van der Waals surface area contributed by atoms with Crippen LogP contribution in [0.3, 0.4) is 0 Å². The van der Waals surface area contributed by atoms with Crippen LogP contribution in [0.4, 0.5) is 11.4 Å². The highest BCUT2D eigenvalue weighted by Crippen LogP contribution is 2.33. The van der Waals surface area contributed by atoms with Gasteiger partial charge in [-0.3, -0.25) is 4.79 Å². The van der Waals surface area contributed by atoms with Crippen molar-refractivity contribution >= 4 is 17.3 Å². The minimum absolute atomic E-state index is 0.0509. The van der Waals surface area contributed by atoms with E-state index >= 15 is 0 Å². The number of likely N-dealkylation sites (N-methyl/N-ethyl adjacent to an activating group) is 1. The first-order chi connectivity index (χ1) is 9.63. The summed E-state index contributed by atoms with van der Waals surface area (Å²) in [4.78, 5) is 14.3. The van der Waals surface area contributed by atoms with Crippen molar-refractivity contribution in [3.8, 4) is 5.75 Å². The topological polar surface area (TPSA) is 67.6 Å². The van der Waals surface area contributed by atoms with Crippen LogP contribution in [0.15, 0.2) is 18.2 Å². The van der Waals surface area contributed by atoms with E-state index in [1.54, 1.807) is 0 Å². The zero-order valence-electron chi connectivity index (χ0n) is 11.8. The van der Waals surface area contributed by atoms with Crippen LogP contribution in [0.25, 0.3) is 0 Å². The fourth-order valence-electron chi connectivity index (χ4n) is 2.93. The summed E-state index contributed by atoms with van der Waals surface area (Å²) in [6, 6.07) is 5.96. The molecular weight excluding hydrogens is 254 g/mol. The lowest BCUT2D eigenvalue weighted by Gasteiger charge is -2.28. The van der Waals surface area contributed by atoms with Gasteiger partial charge in [0.2, 0.25) is 5.91 Å². The normalized spacial score (nSPS) is 25.0. The van der Waals surface area contributed by atoms with Gasteiger partial charge >= 0.3 is 0 Å². The highest BCUT2D eigenvalue weighted by molar-refractivity contribution is 5.93. The van der Waals surface area contributed by atoms with Gasteiger partial charge in [-0.1, -0.05) is 0 Å². The lowest BCUT2D eigenvalue weighted by atomic mass is 10.1. The predicted molar refractivity (Wildman–Crippen MR) is 79.2 cm³/mol. The molecule has 0 bridgehead atoms. The van der Waals surface area contributed by atoms with Crippen LogP contribution in [0.2, 0.25) is 0 Å². The smallest absolute Gasteiger partial charge is 0.227 e. The number of rotatable bonds is 2. The van der Waals surface area contributed by atoms with Gasteiger partial charge in [-0.25, -0.2) is 0 Å². The Kier molecular flexibility index (Phi) is 3.53. The maximum absolute atomic E-state index is 12.2. The molecule has 0 saturated heterocycles. The molecule has 20 heavy (non-hydrogen) atoms. The molecule has 1 aliphatic heterocycles. The van der Waals surface area contributed by atoms with Crippen molar-refractivity contribution in [1.29, 1.82) is 0 Å². The molecule has 1 heterocycles. The SMILES string of the molecule is CN1CCOc2ccc(NC(=O)C3CCC(N)C3)cc21. The van der Waals surface area contributed by atoms with Crippen LogP contribution in [-0.2, 0) is 4.79 Å². The van der Waals surface area contributed by atoms with E-state index in [9.17, 15) is 4.79 Å². The third-order valence-corrected chi connectivity index (χ3v) is 4.17. The van der Waals surface area contributed by atoms with Gasteiger partial charge in [-0.15, -0.1) is 0 Å². The number of amides is 1. The number of ether oxygens (including phenoxy) is 1. The summed E-state index contributed by atoms with van der Waals surface area (Å²) in [6.07, 6.45) is 2.62. The quantitative estimate of drug-likeness (QED) is 0.860. The van der Waals surface area contributed by atoms with E-state index in [-0.39, 0.29) is 17.9 Å². The number of fused-ring (bicyclic) bond motifs is 1. The molecule has 5 heteroatoms. The lowest BCUT2D eigenvalue weighted by Crippen LogP contribution is -2.29. The van der Waals surface area contributed by atoms with Gasteiger partial charge in [-0.2, -0.15) is 0 Å². The maximum Gasteiger partial charge on any atom is 0.227 e. The Morgan fingerprint density at radius 3 is 3.05 bits per heavy atom. The third-order valence-electron chi connectivity index (χ3n) is 4.17. The fourth-order valence-corrected chi connectivity index (χ4v) is 2.93. The molecule has 108 valence electrons. The highest BCUT2D eigenvalue weighted by atomic mass is 16.5. The molecule has 1 aromatic carbocycles. The standard InChI is InChI=1S/C15H21N3O2/c1-18-6-7-20-14-5-4-12(9-13(14)18)17-15(19)10-2-3-11(16)8-10/h4-5,9-11H,2-3,6-8,16H2,1H3,(H,17,19). The van der Waals surface area contributed by atoms with Gasteiger partial charge in [0.15, 0.2) is 0 Å². The second-order valence-corrected chi connectivity index (χ2v) is 5.71. The average Bonchev–Trinajstić information content (AvgIpc) is 2.86. The van der Waals surface area contributed by atoms with E-state index in [4.69, 9.17) is 10.5 Å². The zero-order chi connectivity index (χ0) is 14.1. The van der Waals surface area contributed by atoms with Crippen LogP contribution >= 0.6 is 0 Å². The van der Waals surface area contributed by atoms with E-state index in [1.165, 1.54) is 0 Å². The van der Waals surface area contributed by atoms with E-state index in [0.717, 1.165) is 42.9 Å². The van der Waals surface area contributed by atoms with Crippen molar-refractivity contribution in [3.05, 3.63) is 18.2 Å². The second-order valence-electron chi connectivity index (χ2n) is 5.71. The summed E-state index contributed by atoms with van der Waals surface area (Å²) in [5, 5.41) is 3.00. The van der Waals surface area contributed by atoms with E-state index in [0.29, 0.717) is 6.61 Å². The van der Waals surface area contributed by atoms with Gasteiger partial charge in [0, 0.05) is 24.7 Å². The lowest BCUT2D eigenvalue weighted by molar-refractivity contribution is -0.119. The number of benzene rings is 1. The van der Waals surface area contributed by atoms with Crippen LogP contribution < -0.4 is 20.7 Å². The van der Waals surface area contributed by atoms with Crippen LogP contribution in [0.5, 0.6) is 5.75 Å². The number of hydrogen-bond acceptors (Lipinski definition) is 4. The molecule has 0 aromatic heterocycles. The Balaban J connectivity index is 1.71. The van der Waals surface area contributed by atoms with Crippen molar-refractivity contribution in [2.45, 2.75) is 25.3 Å². The number of carbonyl (C=O) groups is 1. The van der Waals surface area contributed by atoms with Crippen molar-refractivity contribution in [2.24, 2.45) is 11.7 Å². The molecule has 3 N–H and O–H groups in total. The number of hydrogen-bond donors (Lipinski definition) is 2. The Labute approximate surface area is 119 Å². The van der Waals surface area contributed by atoms with E-state index in [2.05, 4.69) is 10.2 Å². The molecule has 1 fully saturated rings. The number of nitrogens with one attached hydrogen (secondary N) is 1. The van der Waals surface area contributed by atoms with Crippen LogP contribution in [0.1, 0.15) is 19.3 Å². The predicted octanol–water partition coefficient (Wildman–Crippen LogP) is 1.58. The first kappa shape index (κ1) is 13.2. The van der Waals surface area contributed by atoms with E-state index < -0.39 is 0 Å². The van der Waals surface area contributed by atoms with Gasteiger partial charge in [0.25, 0.3) is 0 Å². The summed E-state index contributed by atoms with van der Waals surface area (Å²) >= 11 is 0. The van der Waals surface area contributed by atoms with Crippen molar-refractivity contribution in [2.75, 3.05) is 30.4 Å². The molecule has 2 aliphatic rings. The van der Waals surface area contributed by atoms with Gasteiger partial charge in [0.1, 0.15) is 12.4 Å². The van der Waals surface area contributed by atoms with Gasteiger partial charge in [0.05, 0.1) is 12.2 Å². The van der Waals surface area contributed by atoms with Crippen molar-refractivity contribution in [1.82, 2.24) is 0 Å². The summed E-state index contributed by atoms with van der Waals surface area (Å²) in [6.45, 7) is 1.57. The minimum Gasteiger partial charge on any atom is -0.490 e. The molecule has 1 aromatic rings. The summed E-state index contributed by atoms with van der Waals surface area (Å²) in [5.74, 6) is 1.01. The molecule has 5 nitrogen and oxygen atoms in total. The summed E-state index contributed by atoms with van der Waals surface area (Å²) < 4.78 is 5.60. The van der Waals surface area contributed by atoms with Crippen LogP contribution in [-0.4, -0.2) is 32.1 Å². The molecule has 1 amide bonds. The van der Waals surface area contributed by atoms with Crippen LogP contribution in [0, 0.1) is 5.92 Å². The monoisotopic (exact) mass is 275 g/mol. The van der Waals surface area contributed by atoms with Gasteiger partial charge < -0.3 is 20.7 Å². The van der Waals surface area contributed by atoms with E-state index in [1.807, 2.05) is 25.2 Å². The zero-order valence-corrected chi connectivity index (χ0v) is 11.8. The van der Waals surface area contributed by atoms with Crippen molar-refractivity contribution < 1.29 is 9.53 Å². The summed E-state index contributed by atoms with van der Waals surface area (Å²) in [7, 11) is 2.03. The molecular formula is C15H21N3O2. The first-order valence-corrected chi connectivity index (χ1v) is 7.18. The Morgan fingerprint density at radius 1 is 1.45 bits per heavy atom. The summed E-state index contributed by atoms with van der Waals surface area (Å²) in [5.41, 5.74) is 7.71.